The van der Waals surface area contributed by atoms with Crippen LogP contribution >= 0.6 is 0 Å². The highest BCUT2D eigenvalue weighted by atomic mass is 32.2. The van der Waals surface area contributed by atoms with E-state index in [-0.39, 0.29) is 29.5 Å². The Balaban J connectivity index is 1.68. The van der Waals surface area contributed by atoms with Crippen molar-refractivity contribution in [2.45, 2.75) is 38.8 Å². The van der Waals surface area contributed by atoms with Crippen molar-refractivity contribution in [3.8, 4) is 0 Å². The average molecular weight is 365 g/mol. The van der Waals surface area contributed by atoms with E-state index in [0.29, 0.717) is 25.3 Å². The molecular formula is C18H27N3O3S. The Bertz CT molecular complexity index is 706. The lowest BCUT2D eigenvalue weighted by Gasteiger charge is -2.44. The second-order valence-corrected chi connectivity index (χ2v) is 9.66. The van der Waals surface area contributed by atoms with Gasteiger partial charge in [-0.3, -0.25) is 14.7 Å². The third kappa shape index (κ3) is 4.39. The Labute approximate surface area is 150 Å². The number of piperazine rings is 1. The highest BCUT2D eigenvalue weighted by molar-refractivity contribution is 7.91. The van der Waals surface area contributed by atoms with E-state index in [1.165, 1.54) is 0 Å². The van der Waals surface area contributed by atoms with Gasteiger partial charge in [-0.05, 0) is 24.5 Å². The molecule has 0 spiro atoms. The number of carbonyl (C=O) groups is 1. The molecule has 0 N–H and O–H groups in total. The molecule has 0 bridgehead atoms. The highest BCUT2D eigenvalue weighted by Crippen LogP contribution is 2.28. The number of pyridine rings is 1. The van der Waals surface area contributed by atoms with E-state index in [2.05, 4.69) is 23.7 Å². The Kier molecular flexibility index (Phi) is 5.43. The second-order valence-electron chi connectivity index (χ2n) is 7.51. The zero-order valence-corrected chi connectivity index (χ0v) is 15.8. The van der Waals surface area contributed by atoms with Crippen LogP contribution in [0, 0.1) is 5.92 Å². The van der Waals surface area contributed by atoms with Crippen LogP contribution in [0.3, 0.4) is 0 Å². The van der Waals surface area contributed by atoms with Crippen LogP contribution < -0.4 is 0 Å². The number of amides is 1. The van der Waals surface area contributed by atoms with E-state index in [4.69, 9.17) is 0 Å². The maximum atomic E-state index is 12.7. The molecule has 2 aliphatic rings. The van der Waals surface area contributed by atoms with Gasteiger partial charge in [0.05, 0.1) is 17.5 Å². The smallest absolute Gasteiger partial charge is 0.223 e. The summed E-state index contributed by atoms with van der Waals surface area (Å²) in [5.74, 6) is 0.799. The zero-order chi connectivity index (χ0) is 18.0. The molecule has 1 aromatic rings. The van der Waals surface area contributed by atoms with Gasteiger partial charge in [-0.25, -0.2) is 8.42 Å². The maximum absolute atomic E-state index is 12.7. The molecule has 0 saturated carbocycles. The first kappa shape index (κ1) is 18.3. The van der Waals surface area contributed by atoms with E-state index in [0.717, 1.165) is 18.8 Å². The van der Waals surface area contributed by atoms with E-state index < -0.39 is 9.84 Å². The van der Waals surface area contributed by atoms with Crippen LogP contribution in [0.2, 0.25) is 0 Å². The fraction of sp³-hybridized carbons (Fsp3) is 0.667. The van der Waals surface area contributed by atoms with Gasteiger partial charge in [0, 0.05) is 44.0 Å². The minimum Gasteiger partial charge on any atom is -0.336 e. The maximum Gasteiger partial charge on any atom is 0.223 e. The first-order chi connectivity index (χ1) is 11.9. The number of nitrogens with zero attached hydrogens (tertiary/aromatic N) is 3. The summed E-state index contributed by atoms with van der Waals surface area (Å²) in [7, 11) is -3.08. The Hall–Kier alpha value is -1.47. The molecule has 1 amide bonds. The van der Waals surface area contributed by atoms with E-state index in [1.807, 2.05) is 23.1 Å². The van der Waals surface area contributed by atoms with Gasteiger partial charge in [0.25, 0.3) is 0 Å². The molecule has 2 aliphatic heterocycles. The first-order valence-corrected chi connectivity index (χ1v) is 10.8. The van der Waals surface area contributed by atoms with Crippen LogP contribution in [0.15, 0.2) is 24.4 Å². The molecule has 6 nitrogen and oxygen atoms in total. The lowest BCUT2D eigenvalue weighted by molar-refractivity contribution is -0.137. The first-order valence-electron chi connectivity index (χ1n) is 8.99. The van der Waals surface area contributed by atoms with Gasteiger partial charge in [0.15, 0.2) is 9.84 Å². The molecule has 2 saturated heterocycles. The number of hydrogen-bond acceptors (Lipinski definition) is 5. The van der Waals surface area contributed by atoms with Crippen molar-refractivity contribution >= 4 is 15.7 Å². The number of rotatable bonds is 5. The largest absolute Gasteiger partial charge is 0.336 e. The number of carbonyl (C=O) groups excluding carboxylic acids is 1. The van der Waals surface area contributed by atoms with Gasteiger partial charge in [0.1, 0.15) is 0 Å². The second kappa shape index (κ2) is 7.41. The Morgan fingerprint density at radius 2 is 2.00 bits per heavy atom. The molecule has 0 radical (unpaired) electrons. The number of aromatic nitrogens is 1. The molecule has 2 atom stereocenters. The lowest BCUT2D eigenvalue weighted by Crippen LogP contribution is -2.61. The topological polar surface area (TPSA) is 70.6 Å². The summed E-state index contributed by atoms with van der Waals surface area (Å²) in [5.41, 5.74) is 0.893. The summed E-state index contributed by atoms with van der Waals surface area (Å²) in [6.07, 6.45) is 2.70. The zero-order valence-electron chi connectivity index (χ0n) is 15.0. The van der Waals surface area contributed by atoms with Crippen LogP contribution in [0.4, 0.5) is 0 Å². The minimum absolute atomic E-state index is 0.0435. The summed E-state index contributed by atoms with van der Waals surface area (Å²) < 4.78 is 24.4. The van der Waals surface area contributed by atoms with Gasteiger partial charge in [-0.15, -0.1) is 0 Å². The average Bonchev–Trinajstić information content (AvgIpc) is 2.89. The normalized spacial score (nSPS) is 26.0. The standard InChI is InChI=1S/C18H27N3O3S/c1-14(2)11-20-9-10-21(17-13-25(23,24)12-16(17)20)18(22)7-6-15-5-3-4-8-19-15/h3-5,8,14,16-17H,6-7,9-13H2,1-2H3/t16-,17+/m1/s1. The molecule has 0 aliphatic carbocycles. The molecule has 138 valence electrons. The van der Waals surface area contributed by atoms with E-state index >= 15 is 0 Å². The van der Waals surface area contributed by atoms with Crippen LogP contribution in [-0.4, -0.2) is 72.3 Å². The summed E-state index contributed by atoms with van der Waals surface area (Å²) in [5, 5.41) is 0. The van der Waals surface area contributed by atoms with Crippen molar-refractivity contribution < 1.29 is 13.2 Å². The van der Waals surface area contributed by atoms with Crippen molar-refractivity contribution in [1.29, 1.82) is 0 Å². The van der Waals surface area contributed by atoms with Gasteiger partial charge in [0.2, 0.25) is 5.91 Å². The fourth-order valence-corrected chi connectivity index (χ4v) is 5.97. The third-order valence-corrected chi connectivity index (χ3v) is 6.73. The third-order valence-electron chi connectivity index (χ3n) is 5.03. The quantitative estimate of drug-likeness (QED) is 0.778. The van der Waals surface area contributed by atoms with Crippen molar-refractivity contribution in [2.24, 2.45) is 5.92 Å². The number of hydrogen-bond donors (Lipinski definition) is 0. The lowest BCUT2D eigenvalue weighted by atomic mass is 10.0. The molecule has 25 heavy (non-hydrogen) atoms. The molecule has 3 heterocycles. The number of fused-ring (bicyclic) bond motifs is 1. The fourth-order valence-electron chi connectivity index (χ4n) is 3.95. The predicted octanol–water partition coefficient (Wildman–Crippen LogP) is 0.980. The minimum atomic E-state index is -3.08. The molecule has 7 heteroatoms. The summed E-state index contributed by atoms with van der Waals surface area (Å²) >= 11 is 0. The molecule has 0 unspecified atom stereocenters. The number of aryl methyl sites for hydroxylation is 1. The van der Waals surface area contributed by atoms with Crippen molar-refractivity contribution in [1.82, 2.24) is 14.8 Å². The highest BCUT2D eigenvalue weighted by Gasteiger charge is 2.47. The monoisotopic (exact) mass is 365 g/mol. The molecule has 0 aromatic carbocycles. The van der Waals surface area contributed by atoms with Gasteiger partial charge in [-0.2, -0.15) is 0 Å². The van der Waals surface area contributed by atoms with Gasteiger partial charge >= 0.3 is 0 Å². The Morgan fingerprint density at radius 3 is 2.68 bits per heavy atom. The van der Waals surface area contributed by atoms with Crippen LogP contribution in [0.25, 0.3) is 0 Å². The van der Waals surface area contributed by atoms with Crippen LogP contribution in [0.5, 0.6) is 0 Å². The SMILES string of the molecule is CC(C)CN1CCN(C(=O)CCc2ccccn2)[C@H]2CS(=O)(=O)C[C@H]21. The van der Waals surface area contributed by atoms with Crippen molar-refractivity contribution in [3.05, 3.63) is 30.1 Å². The number of sulfone groups is 1. The van der Waals surface area contributed by atoms with Crippen LogP contribution in [-0.2, 0) is 21.1 Å². The summed E-state index contributed by atoms with van der Waals surface area (Å²) in [4.78, 5) is 21.1. The molecular weight excluding hydrogens is 338 g/mol. The van der Waals surface area contributed by atoms with Crippen molar-refractivity contribution in [3.63, 3.8) is 0 Å². The predicted molar refractivity (Wildman–Crippen MR) is 96.9 cm³/mol. The van der Waals surface area contributed by atoms with Crippen LogP contribution in [0.1, 0.15) is 26.0 Å². The molecule has 3 rings (SSSR count). The summed E-state index contributed by atoms with van der Waals surface area (Å²) in [6, 6.07) is 5.43. The molecule has 1 aromatic heterocycles. The molecule has 2 fully saturated rings. The van der Waals surface area contributed by atoms with Gasteiger partial charge < -0.3 is 4.90 Å². The Morgan fingerprint density at radius 1 is 1.24 bits per heavy atom. The van der Waals surface area contributed by atoms with Gasteiger partial charge in [-0.1, -0.05) is 19.9 Å². The van der Waals surface area contributed by atoms with E-state index in [1.54, 1.807) is 6.20 Å². The van der Waals surface area contributed by atoms with Crippen molar-refractivity contribution in [2.75, 3.05) is 31.1 Å². The van der Waals surface area contributed by atoms with E-state index in [9.17, 15) is 13.2 Å². The summed E-state index contributed by atoms with van der Waals surface area (Å²) in [6.45, 7) is 6.53.